The highest BCUT2D eigenvalue weighted by Gasteiger charge is 2.19. The molecule has 6 heteroatoms. The second kappa shape index (κ2) is 5.27. The fourth-order valence-electron chi connectivity index (χ4n) is 2.24. The van der Waals surface area contributed by atoms with Crippen LogP contribution in [0.25, 0.3) is 0 Å². The third kappa shape index (κ3) is 3.03. The number of carboxylic acid groups (broad SMARTS) is 1. The van der Waals surface area contributed by atoms with Crippen molar-refractivity contribution < 1.29 is 9.90 Å². The van der Waals surface area contributed by atoms with Crippen molar-refractivity contribution in [2.75, 3.05) is 19.6 Å². The van der Waals surface area contributed by atoms with Crippen molar-refractivity contribution in [3.63, 3.8) is 0 Å². The van der Waals surface area contributed by atoms with Gasteiger partial charge in [-0.3, -0.25) is 4.68 Å². The number of nitrogens with zero attached hydrogens (tertiary/aromatic N) is 4. The molecule has 1 aromatic rings. The number of likely N-dealkylation sites (tertiary alicyclic amines) is 1. The van der Waals surface area contributed by atoms with E-state index in [2.05, 4.69) is 22.1 Å². The topological polar surface area (TPSA) is 71.2 Å². The zero-order valence-corrected chi connectivity index (χ0v) is 10.0. The number of aromatic nitrogens is 3. The van der Waals surface area contributed by atoms with Gasteiger partial charge in [-0.05, 0) is 38.4 Å². The molecule has 0 spiro atoms. The Morgan fingerprint density at radius 1 is 1.53 bits per heavy atom. The molecule has 0 aromatic carbocycles. The van der Waals surface area contributed by atoms with Crippen LogP contribution in [0.1, 0.15) is 30.3 Å². The molecule has 6 nitrogen and oxygen atoms in total. The van der Waals surface area contributed by atoms with Gasteiger partial charge >= 0.3 is 5.97 Å². The molecule has 0 radical (unpaired) electrons. The van der Waals surface area contributed by atoms with Crippen molar-refractivity contribution in [1.82, 2.24) is 19.9 Å². The zero-order chi connectivity index (χ0) is 12.3. The Kier molecular flexibility index (Phi) is 3.73. The van der Waals surface area contributed by atoms with E-state index in [1.54, 1.807) is 4.68 Å². The van der Waals surface area contributed by atoms with Crippen molar-refractivity contribution in [2.24, 2.45) is 5.92 Å². The summed E-state index contributed by atoms with van der Waals surface area (Å²) in [7, 11) is 0. The van der Waals surface area contributed by atoms with Crippen molar-refractivity contribution in [1.29, 1.82) is 0 Å². The number of hydrogen-bond donors (Lipinski definition) is 1. The SMILES string of the molecule is CCN1CCC(Cn2cc(C(=O)O)nn2)CC1. The lowest BCUT2D eigenvalue weighted by atomic mass is 9.97. The number of aromatic carboxylic acids is 1. The predicted molar refractivity (Wildman–Crippen MR) is 61.8 cm³/mol. The van der Waals surface area contributed by atoms with E-state index in [1.807, 2.05) is 0 Å². The second-order valence-corrected chi connectivity index (χ2v) is 4.51. The molecule has 1 aliphatic heterocycles. The third-order valence-electron chi connectivity index (χ3n) is 3.36. The van der Waals surface area contributed by atoms with Crippen molar-refractivity contribution in [2.45, 2.75) is 26.3 Å². The fourth-order valence-corrected chi connectivity index (χ4v) is 2.24. The summed E-state index contributed by atoms with van der Waals surface area (Å²) in [5.41, 5.74) is 0.0241. The highest BCUT2D eigenvalue weighted by Crippen LogP contribution is 2.18. The number of hydrogen-bond acceptors (Lipinski definition) is 4. The number of carboxylic acids is 1. The quantitative estimate of drug-likeness (QED) is 0.836. The Hall–Kier alpha value is -1.43. The molecule has 0 saturated carbocycles. The molecule has 1 N–H and O–H groups in total. The monoisotopic (exact) mass is 238 g/mol. The minimum absolute atomic E-state index is 0.0241. The smallest absolute Gasteiger partial charge is 0.358 e. The van der Waals surface area contributed by atoms with Crippen LogP contribution in [0.3, 0.4) is 0 Å². The lowest BCUT2D eigenvalue weighted by Crippen LogP contribution is -2.34. The van der Waals surface area contributed by atoms with E-state index in [1.165, 1.54) is 6.20 Å². The molecular weight excluding hydrogens is 220 g/mol. The van der Waals surface area contributed by atoms with Gasteiger partial charge in [0.1, 0.15) is 0 Å². The van der Waals surface area contributed by atoms with Crippen molar-refractivity contribution >= 4 is 5.97 Å². The maximum atomic E-state index is 10.7. The molecular formula is C11H18N4O2. The Labute approximate surface area is 100 Å². The molecule has 17 heavy (non-hydrogen) atoms. The minimum Gasteiger partial charge on any atom is -0.476 e. The van der Waals surface area contributed by atoms with Crippen LogP contribution in [0, 0.1) is 5.92 Å². The summed E-state index contributed by atoms with van der Waals surface area (Å²) in [4.78, 5) is 13.1. The lowest BCUT2D eigenvalue weighted by Gasteiger charge is -2.30. The lowest BCUT2D eigenvalue weighted by molar-refractivity contribution is 0.0690. The maximum Gasteiger partial charge on any atom is 0.358 e. The van der Waals surface area contributed by atoms with E-state index < -0.39 is 5.97 Å². The fraction of sp³-hybridized carbons (Fsp3) is 0.727. The van der Waals surface area contributed by atoms with Crippen LogP contribution < -0.4 is 0 Å². The predicted octanol–water partition coefficient (Wildman–Crippen LogP) is 0.708. The molecule has 0 unspecified atom stereocenters. The van der Waals surface area contributed by atoms with Gasteiger partial charge in [-0.25, -0.2) is 4.79 Å². The van der Waals surface area contributed by atoms with Gasteiger partial charge in [-0.1, -0.05) is 12.1 Å². The van der Waals surface area contributed by atoms with Crippen LogP contribution in [0.15, 0.2) is 6.20 Å². The number of piperidine rings is 1. The molecule has 1 aliphatic rings. The van der Waals surface area contributed by atoms with Gasteiger partial charge in [0.15, 0.2) is 5.69 Å². The van der Waals surface area contributed by atoms with Crippen LogP contribution in [0.2, 0.25) is 0 Å². The zero-order valence-electron chi connectivity index (χ0n) is 10.0. The van der Waals surface area contributed by atoms with E-state index in [-0.39, 0.29) is 5.69 Å². The Morgan fingerprint density at radius 2 is 2.24 bits per heavy atom. The summed E-state index contributed by atoms with van der Waals surface area (Å²) in [6, 6.07) is 0. The van der Waals surface area contributed by atoms with Crippen LogP contribution in [0.4, 0.5) is 0 Å². The van der Waals surface area contributed by atoms with Crippen LogP contribution in [-0.4, -0.2) is 50.6 Å². The largest absolute Gasteiger partial charge is 0.476 e. The molecule has 1 fully saturated rings. The molecule has 2 rings (SSSR count). The summed E-state index contributed by atoms with van der Waals surface area (Å²) >= 11 is 0. The molecule has 1 aromatic heterocycles. The van der Waals surface area contributed by atoms with Gasteiger partial charge in [0.05, 0.1) is 6.20 Å². The van der Waals surface area contributed by atoms with E-state index in [9.17, 15) is 4.79 Å². The second-order valence-electron chi connectivity index (χ2n) is 4.51. The van der Waals surface area contributed by atoms with Gasteiger partial charge in [-0.15, -0.1) is 5.10 Å². The minimum atomic E-state index is -1.02. The Morgan fingerprint density at radius 3 is 2.76 bits per heavy atom. The van der Waals surface area contributed by atoms with E-state index in [4.69, 9.17) is 5.11 Å². The summed E-state index contributed by atoms with van der Waals surface area (Å²) in [5.74, 6) is -0.432. The maximum absolute atomic E-state index is 10.7. The summed E-state index contributed by atoms with van der Waals surface area (Å²) in [6.07, 6.45) is 3.81. The van der Waals surface area contributed by atoms with Gasteiger partial charge in [0.2, 0.25) is 0 Å². The van der Waals surface area contributed by atoms with Crippen molar-refractivity contribution in [3.8, 4) is 0 Å². The van der Waals surface area contributed by atoms with Gasteiger partial charge in [0, 0.05) is 6.54 Å². The highest BCUT2D eigenvalue weighted by molar-refractivity contribution is 5.84. The first-order valence-corrected chi connectivity index (χ1v) is 6.04. The van der Waals surface area contributed by atoms with Gasteiger partial charge < -0.3 is 10.0 Å². The molecule has 2 heterocycles. The molecule has 94 valence electrons. The van der Waals surface area contributed by atoms with Gasteiger partial charge in [0.25, 0.3) is 0 Å². The summed E-state index contributed by atoms with van der Waals surface area (Å²) < 4.78 is 1.65. The first-order chi connectivity index (χ1) is 8.19. The van der Waals surface area contributed by atoms with Crippen molar-refractivity contribution in [3.05, 3.63) is 11.9 Å². The number of carbonyl (C=O) groups is 1. The first kappa shape index (κ1) is 12.0. The number of rotatable bonds is 4. The van der Waals surface area contributed by atoms with Crippen LogP contribution in [0.5, 0.6) is 0 Å². The Balaban J connectivity index is 1.86. The first-order valence-electron chi connectivity index (χ1n) is 6.04. The third-order valence-corrected chi connectivity index (χ3v) is 3.36. The standard InChI is InChI=1S/C11H18N4O2/c1-2-14-5-3-9(4-6-14)7-15-8-10(11(16)17)12-13-15/h8-9H,2-7H2,1H3,(H,16,17). The van der Waals surface area contributed by atoms with Gasteiger partial charge in [-0.2, -0.15) is 0 Å². The summed E-state index contributed by atoms with van der Waals surface area (Å²) in [5, 5.41) is 16.2. The van der Waals surface area contributed by atoms with E-state index in [0.717, 1.165) is 39.0 Å². The van der Waals surface area contributed by atoms with E-state index >= 15 is 0 Å². The highest BCUT2D eigenvalue weighted by atomic mass is 16.4. The normalized spacial score (nSPS) is 18.4. The van der Waals surface area contributed by atoms with Crippen LogP contribution in [-0.2, 0) is 6.54 Å². The Bertz CT molecular complexity index is 383. The molecule has 1 saturated heterocycles. The molecule has 0 amide bonds. The molecule has 0 atom stereocenters. The average Bonchev–Trinajstić information content (AvgIpc) is 2.79. The molecule has 0 bridgehead atoms. The van der Waals surface area contributed by atoms with E-state index in [0.29, 0.717) is 5.92 Å². The molecule has 0 aliphatic carbocycles. The summed E-state index contributed by atoms with van der Waals surface area (Å²) in [6.45, 7) is 6.32. The average molecular weight is 238 g/mol. The van der Waals surface area contributed by atoms with Crippen LogP contribution >= 0.6 is 0 Å².